The van der Waals surface area contributed by atoms with Crippen molar-refractivity contribution in [3.63, 3.8) is 0 Å². The summed E-state index contributed by atoms with van der Waals surface area (Å²) < 4.78 is 0. The van der Waals surface area contributed by atoms with Crippen molar-refractivity contribution in [3.8, 4) is 0 Å². The Kier molecular flexibility index (Phi) is 18.2. The van der Waals surface area contributed by atoms with E-state index >= 15 is 0 Å². The van der Waals surface area contributed by atoms with Crippen LogP contribution in [0, 0.1) is 0 Å². The van der Waals surface area contributed by atoms with Gasteiger partial charge in [-0.3, -0.25) is 4.99 Å². The topological polar surface area (TPSA) is 15.6 Å². The highest BCUT2D eigenvalue weighted by atomic mass is 15.1. The monoisotopic (exact) mass is 488 g/mol. The van der Waals surface area contributed by atoms with Gasteiger partial charge in [-0.1, -0.05) is 87.9 Å². The van der Waals surface area contributed by atoms with Gasteiger partial charge in [-0.15, -0.1) is 0 Å². The Labute approximate surface area is 223 Å². The molecule has 0 aromatic heterocycles. The van der Waals surface area contributed by atoms with Gasteiger partial charge in [0.25, 0.3) is 0 Å². The van der Waals surface area contributed by atoms with Crippen LogP contribution in [0.2, 0.25) is 0 Å². The lowest BCUT2D eigenvalue weighted by Gasteiger charge is -2.21. The van der Waals surface area contributed by atoms with Gasteiger partial charge in [0.1, 0.15) is 0 Å². The maximum absolute atomic E-state index is 4.68. The molecule has 1 aromatic carbocycles. The molecule has 0 radical (unpaired) electrons. The molecule has 0 saturated carbocycles. The number of allylic oxidation sites excluding steroid dienone is 9. The van der Waals surface area contributed by atoms with E-state index in [0.29, 0.717) is 0 Å². The molecule has 36 heavy (non-hydrogen) atoms. The van der Waals surface area contributed by atoms with E-state index in [-0.39, 0.29) is 0 Å². The Balaban J connectivity index is 2.84. The molecule has 0 N–H and O–H groups in total. The largest absolute Gasteiger partial charge is 0.303 e. The van der Waals surface area contributed by atoms with E-state index in [1.54, 1.807) is 0 Å². The summed E-state index contributed by atoms with van der Waals surface area (Å²) in [5, 5.41) is 0. The molecular weight excluding hydrogens is 436 g/mol. The number of aliphatic imine (C=N–C) groups is 1. The Morgan fingerprint density at radius 1 is 0.833 bits per heavy atom. The van der Waals surface area contributed by atoms with Gasteiger partial charge in [0.05, 0.1) is 0 Å². The van der Waals surface area contributed by atoms with Crippen LogP contribution in [-0.2, 0) is 12.8 Å². The molecule has 0 spiro atoms. The second kappa shape index (κ2) is 20.7. The van der Waals surface area contributed by atoms with Crippen LogP contribution in [-0.4, -0.2) is 30.2 Å². The first-order chi connectivity index (χ1) is 17.6. The summed E-state index contributed by atoms with van der Waals surface area (Å²) in [6.07, 6.45) is 25.9. The second-order valence-corrected chi connectivity index (χ2v) is 9.38. The van der Waals surface area contributed by atoms with Gasteiger partial charge < -0.3 is 4.90 Å². The molecule has 1 rings (SSSR count). The third-order valence-electron chi connectivity index (χ3n) is 6.35. The third-order valence-corrected chi connectivity index (χ3v) is 6.35. The lowest BCUT2D eigenvalue weighted by atomic mass is 9.93. The lowest BCUT2D eigenvalue weighted by Crippen LogP contribution is -2.28. The first kappa shape index (κ1) is 31.6. The van der Waals surface area contributed by atoms with Crippen molar-refractivity contribution >= 4 is 5.71 Å². The van der Waals surface area contributed by atoms with Gasteiger partial charge in [-0.05, 0) is 101 Å². The van der Waals surface area contributed by atoms with Gasteiger partial charge in [-0.2, -0.15) is 0 Å². The molecule has 0 amide bonds. The number of hydrogen-bond acceptors (Lipinski definition) is 2. The molecular formula is C34H52N2. The standard InChI is InChI=1S/C34H52N2/c1-7-13-16-33(29-34(17-14-8-2)35-25-10-4)32(12-6)23-22-30-18-20-31(21-19-30)24-28-36(26-11-5)27-15-9-3/h7,10,12-14,16-21,25H,8-9,11,15,22-24,26-29H2,1-6H3/b13-7-,17-14-,25-10-,32-12+,33-16-,35-34+. The summed E-state index contributed by atoms with van der Waals surface area (Å²) >= 11 is 0. The van der Waals surface area contributed by atoms with Crippen LogP contribution in [0.4, 0.5) is 0 Å². The van der Waals surface area contributed by atoms with Crippen molar-refractivity contribution < 1.29 is 0 Å². The first-order valence-corrected chi connectivity index (χ1v) is 14.2. The highest BCUT2D eigenvalue weighted by Gasteiger charge is 2.09. The quantitative estimate of drug-likeness (QED) is 0.148. The van der Waals surface area contributed by atoms with E-state index in [4.69, 9.17) is 0 Å². The zero-order chi connectivity index (χ0) is 26.4. The van der Waals surface area contributed by atoms with Crippen molar-refractivity contribution in [2.45, 2.75) is 92.9 Å². The predicted octanol–water partition coefficient (Wildman–Crippen LogP) is 9.45. The Morgan fingerprint density at radius 3 is 2.14 bits per heavy atom. The summed E-state index contributed by atoms with van der Waals surface area (Å²) in [6.45, 7) is 16.6. The van der Waals surface area contributed by atoms with Crippen LogP contribution in [0.25, 0.3) is 0 Å². The summed E-state index contributed by atoms with van der Waals surface area (Å²) in [5.74, 6) is 0. The highest BCUT2D eigenvalue weighted by Crippen LogP contribution is 2.22. The normalized spacial score (nSPS) is 13.8. The zero-order valence-corrected chi connectivity index (χ0v) is 24.1. The zero-order valence-electron chi connectivity index (χ0n) is 24.1. The average Bonchev–Trinajstić information content (AvgIpc) is 2.90. The van der Waals surface area contributed by atoms with Crippen molar-refractivity contribution in [1.82, 2.24) is 4.90 Å². The van der Waals surface area contributed by atoms with Crippen molar-refractivity contribution in [1.29, 1.82) is 0 Å². The summed E-state index contributed by atoms with van der Waals surface area (Å²) in [7, 11) is 0. The Morgan fingerprint density at radius 2 is 1.56 bits per heavy atom. The summed E-state index contributed by atoms with van der Waals surface area (Å²) in [5.41, 5.74) is 6.71. The summed E-state index contributed by atoms with van der Waals surface area (Å²) in [6, 6.07) is 9.33. The molecule has 0 unspecified atom stereocenters. The average molecular weight is 489 g/mol. The van der Waals surface area contributed by atoms with E-state index in [2.05, 4.69) is 105 Å². The fourth-order valence-corrected chi connectivity index (χ4v) is 4.22. The number of nitrogens with zero attached hydrogens (tertiary/aromatic N) is 2. The third kappa shape index (κ3) is 13.6. The number of benzene rings is 1. The maximum Gasteiger partial charge on any atom is 0.0444 e. The number of unbranched alkanes of at least 4 members (excludes halogenated alkanes) is 1. The Bertz CT molecular complexity index is 878. The minimum atomic E-state index is 0.843. The summed E-state index contributed by atoms with van der Waals surface area (Å²) in [4.78, 5) is 7.31. The molecule has 2 nitrogen and oxygen atoms in total. The van der Waals surface area contributed by atoms with Crippen molar-refractivity contribution in [2.24, 2.45) is 4.99 Å². The van der Waals surface area contributed by atoms with Gasteiger partial charge in [0.2, 0.25) is 0 Å². The SMILES string of the molecule is C\C=C/C=C(CC(/C=C\CC)=N/C=C\C)\C(=C\C)CCc1ccc(CCN(CCC)CCCC)cc1. The van der Waals surface area contributed by atoms with Gasteiger partial charge in [-0.25, -0.2) is 0 Å². The molecule has 1 aromatic rings. The van der Waals surface area contributed by atoms with Crippen LogP contribution in [0.1, 0.15) is 91.2 Å². The molecule has 0 saturated heterocycles. The van der Waals surface area contributed by atoms with Crippen molar-refractivity contribution in [2.75, 3.05) is 19.6 Å². The number of aryl methyl sites for hydroxylation is 1. The van der Waals surface area contributed by atoms with Crippen molar-refractivity contribution in [3.05, 3.63) is 95.3 Å². The maximum atomic E-state index is 4.68. The molecule has 0 atom stereocenters. The molecule has 0 aliphatic heterocycles. The number of rotatable bonds is 18. The van der Waals surface area contributed by atoms with E-state index in [1.807, 2.05) is 19.2 Å². The molecule has 0 aliphatic rings. The van der Waals surface area contributed by atoms with Gasteiger partial charge >= 0.3 is 0 Å². The predicted molar refractivity (Wildman–Crippen MR) is 163 cm³/mol. The Hall–Kier alpha value is -2.45. The van der Waals surface area contributed by atoms with Crippen LogP contribution < -0.4 is 0 Å². The van der Waals surface area contributed by atoms with E-state index < -0.39 is 0 Å². The van der Waals surface area contributed by atoms with E-state index in [0.717, 1.165) is 37.8 Å². The lowest BCUT2D eigenvalue weighted by molar-refractivity contribution is 0.273. The van der Waals surface area contributed by atoms with Crippen LogP contribution >= 0.6 is 0 Å². The molecule has 198 valence electrons. The first-order valence-electron chi connectivity index (χ1n) is 14.2. The molecule has 0 aliphatic carbocycles. The molecule has 2 heteroatoms. The van der Waals surface area contributed by atoms with Gasteiger partial charge in [0.15, 0.2) is 0 Å². The molecule has 0 fully saturated rings. The minimum absolute atomic E-state index is 0.843. The number of hydrogen-bond donors (Lipinski definition) is 0. The van der Waals surface area contributed by atoms with E-state index in [1.165, 1.54) is 61.2 Å². The smallest absolute Gasteiger partial charge is 0.0444 e. The van der Waals surface area contributed by atoms with E-state index in [9.17, 15) is 0 Å². The van der Waals surface area contributed by atoms with Crippen LogP contribution in [0.3, 0.4) is 0 Å². The molecule has 0 bridgehead atoms. The van der Waals surface area contributed by atoms with Crippen LogP contribution in [0.15, 0.2) is 89.1 Å². The second-order valence-electron chi connectivity index (χ2n) is 9.38. The minimum Gasteiger partial charge on any atom is -0.303 e. The highest BCUT2D eigenvalue weighted by molar-refractivity contribution is 5.97. The fraction of sp³-hybridized carbons (Fsp3) is 0.500. The van der Waals surface area contributed by atoms with Crippen LogP contribution in [0.5, 0.6) is 0 Å². The fourth-order valence-electron chi connectivity index (χ4n) is 4.22. The molecule has 0 heterocycles. The van der Waals surface area contributed by atoms with Gasteiger partial charge in [0, 0.05) is 24.9 Å².